The molecule has 0 heterocycles. The van der Waals surface area contributed by atoms with Crippen LogP contribution in [0.5, 0.6) is 17.2 Å². The number of hydrogen-bond donors (Lipinski definition) is 2. The molecule has 0 radical (unpaired) electrons. The fourth-order valence-corrected chi connectivity index (χ4v) is 2.61. The second-order valence-corrected chi connectivity index (χ2v) is 6.27. The number of anilines is 2. The second kappa shape index (κ2) is 9.97. The van der Waals surface area contributed by atoms with Gasteiger partial charge in [-0.2, -0.15) is 0 Å². The maximum atomic E-state index is 12.2. The Balaban J connectivity index is 1.48. The van der Waals surface area contributed by atoms with E-state index in [1.54, 1.807) is 87.0 Å². The van der Waals surface area contributed by atoms with Crippen LogP contribution in [-0.4, -0.2) is 32.6 Å². The number of urea groups is 1. The van der Waals surface area contributed by atoms with Crippen molar-refractivity contribution in [2.24, 2.45) is 0 Å². The number of ether oxygens (including phenoxy) is 3. The van der Waals surface area contributed by atoms with Gasteiger partial charge < -0.3 is 24.8 Å². The monoisotopic (exact) mass is 406 g/mol. The molecule has 3 aromatic rings. The van der Waals surface area contributed by atoms with Crippen molar-refractivity contribution < 1.29 is 23.8 Å². The molecule has 0 saturated carbocycles. The first-order valence-electron chi connectivity index (χ1n) is 9.19. The highest BCUT2D eigenvalue weighted by Gasteiger charge is 2.08. The smallest absolute Gasteiger partial charge is 0.323 e. The van der Waals surface area contributed by atoms with Gasteiger partial charge in [0.15, 0.2) is 12.4 Å². The molecule has 7 heteroatoms. The second-order valence-electron chi connectivity index (χ2n) is 6.27. The first-order valence-corrected chi connectivity index (χ1v) is 9.19. The van der Waals surface area contributed by atoms with Gasteiger partial charge in [-0.1, -0.05) is 0 Å². The molecule has 2 amide bonds. The van der Waals surface area contributed by atoms with Gasteiger partial charge in [-0.3, -0.25) is 4.79 Å². The molecule has 3 rings (SSSR count). The third-order valence-electron chi connectivity index (χ3n) is 4.24. The summed E-state index contributed by atoms with van der Waals surface area (Å²) < 4.78 is 15.7. The van der Waals surface area contributed by atoms with Gasteiger partial charge >= 0.3 is 6.03 Å². The number of nitrogens with one attached hydrogen (secondary N) is 2. The quantitative estimate of drug-likeness (QED) is 0.534. The number of hydrogen-bond acceptors (Lipinski definition) is 5. The summed E-state index contributed by atoms with van der Waals surface area (Å²) in [5, 5.41) is 5.46. The highest BCUT2D eigenvalue weighted by Crippen LogP contribution is 2.18. The van der Waals surface area contributed by atoms with Crippen LogP contribution < -0.4 is 24.8 Å². The summed E-state index contributed by atoms with van der Waals surface area (Å²) >= 11 is 0. The third kappa shape index (κ3) is 5.75. The molecule has 0 unspecified atom stereocenters. The molecule has 0 atom stereocenters. The van der Waals surface area contributed by atoms with E-state index in [0.29, 0.717) is 34.2 Å². The van der Waals surface area contributed by atoms with Gasteiger partial charge in [0.2, 0.25) is 0 Å². The highest BCUT2D eigenvalue weighted by molar-refractivity contribution is 6.00. The fourth-order valence-electron chi connectivity index (χ4n) is 2.61. The van der Waals surface area contributed by atoms with E-state index in [4.69, 9.17) is 14.2 Å². The van der Waals surface area contributed by atoms with Crippen molar-refractivity contribution in [2.45, 2.75) is 0 Å². The molecule has 30 heavy (non-hydrogen) atoms. The summed E-state index contributed by atoms with van der Waals surface area (Å²) in [4.78, 5) is 24.3. The zero-order chi connectivity index (χ0) is 21.3. The molecule has 2 N–H and O–H groups in total. The maximum Gasteiger partial charge on any atom is 0.323 e. The lowest BCUT2D eigenvalue weighted by atomic mass is 10.1. The lowest BCUT2D eigenvalue weighted by Crippen LogP contribution is -2.19. The normalized spacial score (nSPS) is 10.1. The van der Waals surface area contributed by atoms with Crippen LogP contribution in [0.3, 0.4) is 0 Å². The number of benzene rings is 3. The number of carbonyl (C=O) groups excluding carboxylic acids is 2. The van der Waals surface area contributed by atoms with Crippen molar-refractivity contribution in [3.05, 3.63) is 78.4 Å². The van der Waals surface area contributed by atoms with Gasteiger partial charge in [0, 0.05) is 16.9 Å². The van der Waals surface area contributed by atoms with Gasteiger partial charge in [-0.05, 0) is 72.8 Å². The molecule has 0 aliphatic heterocycles. The van der Waals surface area contributed by atoms with Gasteiger partial charge in [0.05, 0.1) is 14.2 Å². The predicted octanol–water partition coefficient (Wildman–Crippen LogP) is 4.61. The van der Waals surface area contributed by atoms with Crippen molar-refractivity contribution in [3.63, 3.8) is 0 Å². The van der Waals surface area contributed by atoms with Crippen LogP contribution in [0.25, 0.3) is 0 Å². The number of carbonyl (C=O) groups is 2. The number of rotatable bonds is 8. The number of methoxy groups -OCH3 is 2. The minimum absolute atomic E-state index is 0.0863. The first kappa shape index (κ1) is 20.7. The van der Waals surface area contributed by atoms with E-state index in [1.807, 2.05) is 0 Å². The molecular formula is C23H22N2O5. The Kier molecular flexibility index (Phi) is 6.89. The van der Waals surface area contributed by atoms with Crippen LogP contribution in [-0.2, 0) is 0 Å². The zero-order valence-electron chi connectivity index (χ0n) is 16.7. The van der Waals surface area contributed by atoms with Crippen LogP contribution in [0.4, 0.5) is 16.2 Å². The average Bonchev–Trinajstić information content (AvgIpc) is 2.79. The maximum absolute atomic E-state index is 12.2. The minimum Gasteiger partial charge on any atom is -0.497 e. The lowest BCUT2D eigenvalue weighted by molar-refractivity contribution is 0.0921. The summed E-state index contributed by atoms with van der Waals surface area (Å²) in [6.07, 6.45) is 0. The summed E-state index contributed by atoms with van der Waals surface area (Å²) in [7, 11) is 3.15. The fraction of sp³-hybridized carbons (Fsp3) is 0.130. The molecule has 0 bridgehead atoms. The van der Waals surface area contributed by atoms with Crippen LogP contribution in [0.15, 0.2) is 72.8 Å². The lowest BCUT2D eigenvalue weighted by Gasteiger charge is -2.10. The van der Waals surface area contributed by atoms with Crippen molar-refractivity contribution in [2.75, 3.05) is 31.5 Å². The van der Waals surface area contributed by atoms with Crippen LogP contribution in [0.2, 0.25) is 0 Å². The van der Waals surface area contributed by atoms with E-state index in [1.165, 1.54) is 0 Å². The Morgan fingerprint density at radius 3 is 1.57 bits per heavy atom. The van der Waals surface area contributed by atoms with E-state index in [9.17, 15) is 9.59 Å². The van der Waals surface area contributed by atoms with Gasteiger partial charge in [0.1, 0.15) is 17.2 Å². The van der Waals surface area contributed by atoms with Gasteiger partial charge in [-0.15, -0.1) is 0 Å². The molecule has 0 aliphatic carbocycles. The molecule has 0 fully saturated rings. The number of Topliss-reactive ketones (excluding diaryl/α,β-unsaturated/α-hetero) is 1. The number of amides is 2. The van der Waals surface area contributed by atoms with Crippen molar-refractivity contribution >= 4 is 23.2 Å². The molecule has 0 aliphatic rings. The van der Waals surface area contributed by atoms with Gasteiger partial charge in [0.25, 0.3) is 0 Å². The zero-order valence-corrected chi connectivity index (χ0v) is 16.7. The summed E-state index contributed by atoms with van der Waals surface area (Å²) in [5.41, 5.74) is 1.78. The SMILES string of the molecule is COc1ccc(NC(=O)Nc2ccc(OCC(=O)c3ccc(OC)cc3)cc2)cc1. The Labute approximate surface area is 174 Å². The Morgan fingerprint density at radius 1 is 0.667 bits per heavy atom. The van der Waals surface area contributed by atoms with Gasteiger partial charge in [-0.25, -0.2) is 4.79 Å². The van der Waals surface area contributed by atoms with E-state index in [-0.39, 0.29) is 18.4 Å². The van der Waals surface area contributed by atoms with Crippen LogP contribution >= 0.6 is 0 Å². The van der Waals surface area contributed by atoms with E-state index in [2.05, 4.69) is 10.6 Å². The molecule has 0 aromatic heterocycles. The highest BCUT2D eigenvalue weighted by atomic mass is 16.5. The largest absolute Gasteiger partial charge is 0.497 e. The molecule has 0 saturated heterocycles. The summed E-state index contributed by atoms with van der Waals surface area (Å²) in [6, 6.07) is 20.2. The van der Waals surface area contributed by atoms with E-state index < -0.39 is 0 Å². The molecule has 7 nitrogen and oxygen atoms in total. The van der Waals surface area contributed by atoms with Crippen LogP contribution in [0.1, 0.15) is 10.4 Å². The molecular weight excluding hydrogens is 384 g/mol. The van der Waals surface area contributed by atoms with Crippen molar-refractivity contribution in [3.8, 4) is 17.2 Å². The summed E-state index contributed by atoms with van der Waals surface area (Å²) in [6.45, 7) is -0.0863. The Hall–Kier alpha value is -4.00. The average molecular weight is 406 g/mol. The van der Waals surface area contributed by atoms with Crippen molar-refractivity contribution in [1.29, 1.82) is 0 Å². The molecule has 3 aromatic carbocycles. The topological polar surface area (TPSA) is 85.9 Å². The van der Waals surface area contributed by atoms with Crippen molar-refractivity contribution in [1.82, 2.24) is 0 Å². The molecule has 154 valence electrons. The number of ketones is 1. The van der Waals surface area contributed by atoms with Crippen LogP contribution in [0, 0.1) is 0 Å². The Bertz CT molecular complexity index is 984. The summed E-state index contributed by atoms with van der Waals surface area (Å²) in [5.74, 6) is 1.78. The van der Waals surface area contributed by atoms with E-state index in [0.717, 1.165) is 0 Å². The standard InChI is InChI=1S/C23H22N2O5/c1-28-19-9-3-16(4-10-19)22(26)15-30-21-13-7-18(8-14-21)25-23(27)24-17-5-11-20(29-2)12-6-17/h3-14H,15H2,1-2H3,(H2,24,25,27). The van der Waals surface area contributed by atoms with E-state index >= 15 is 0 Å². The minimum atomic E-state index is -0.372. The Morgan fingerprint density at radius 2 is 1.10 bits per heavy atom. The molecule has 0 spiro atoms. The third-order valence-corrected chi connectivity index (χ3v) is 4.24. The first-order chi connectivity index (χ1) is 14.6. The predicted molar refractivity (Wildman–Crippen MR) is 115 cm³/mol.